The average Bonchev–Trinajstić information content (AvgIpc) is 3.45. The molecule has 0 aliphatic rings. The summed E-state index contributed by atoms with van der Waals surface area (Å²) in [5.74, 6) is 0. The molecule has 5 heteroatoms. The van der Waals surface area contributed by atoms with Crippen molar-refractivity contribution in [1.29, 1.82) is 0 Å². The van der Waals surface area contributed by atoms with Gasteiger partial charge >= 0.3 is 0 Å². The fraction of sp³-hybridized carbons (Fsp3) is 0. The predicted octanol–water partition coefficient (Wildman–Crippen LogP) is 8.97. The molecule has 0 aliphatic carbocycles. The summed E-state index contributed by atoms with van der Waals surface area (Å²) in [6, 6.07) is 38.8. The van der Waals surface area contributed by atoms with E-state index in [1.807, 2.05) is 6.07 Å². The number of aromatic nitrogens is 3. The number of pyridine rings is 1. The van der Waals surface area contributed by atoms with Crippen molar-refractivity contribution in [3.63, 3.8) is 0 Å². The van der Waals surface area contributed by atoms with Crippen LogP contribution < -0.4 is 0 Å². The van der Waals surface area contributed by atoms with Gasteiger partial charge < -0.3 is 4.57 Å². The first-order chi connectivity index (χ1) is 17.7. The van der Waals surface area contributed by atoms with E-state index >= 15 is 0 Å². The van der Waals surface area contributed by atoms with Crippen LogP contribution in [0, 0.1) is 7.14 Å². The molecule has 0 radical (unpaired) electrons. The van der Waals surface area contributed by atoms with Crippen molar-refractivity contribution in [2.45, 2.75) is 0 Å². The van der Waals surface area contributed by atoms with Crippen molar-refractivity contribution in [2.75, 3.05) is 0 Å². The molecule has 0 unspecified atom stereocenters. The number of benzene rings is 4. The zero-order chi connectivity index (χ0) is 24.2. The van der Waals surface area contributed by atoms with Crippen LogP contribution in [0.5, 0.6) is 0 Å². The van der Waals surface area contributed by atoms with Gasteiger partial charge in [-0.1, -0.05) is 48.5 Å². The molecular formula is C31H19I2N3. The van der Waals surface area contributed by atoms with E-state index < -0.39 is 0 Å². The first-order valence-electron chi connectivity index (χ1n) is 11.7. The number of imidazole rings is 1. The van der Waals surface area contributed by atoms with Crippen LogP contribution in [0.1, 0.15) is 0 Å². The molecule has 36 heavy (non-hydrogen) atoms. The second-order valence-corrected chi connectivity index (χ2v) is 11.3. The minimum Gasteiger partial charge on any atom is -0.309 e. The van der Waals surface area contributed by atoms with Crippen molar-refractivity contribution in [2.24, 2.45) is 0 Å². The summed E-state index contributed by atoms with van der Waals surface area (Å²) < 4.78 is 7.03. The Bertz CT molecular complexity index is 1840. The van der Waals surface area contributed by atoms with Crippen LogP contribution >= 0.6 is 45.2 Å². The summed E-state index contributed by atoms with van der Waals surface area (Å²) in [7, 11) is 0. The Morgan fingerprint density at radius 1 is 0.583 bits per heavy atom. The highest BCUT2D eigenvalue weighted by molar-refractivity contribution is 14.1. The maximum atomic E-state index is 5.03. The van der Waals surface area contributed by atoms with E-state index in [2.05, 4.69) is 163 Å². The monoisotopic (exact) mass is 687 g/mol. The zero-order valence-corrected chi connectivity index (χ0v) is 23.4. The van der Waals surface area contributed by atoms with Gasteiger partial charge in [0.15, 0.2) is 0 Å². The largest absolute Gasteiger partial charge is 0.309 e. The van der Waals surface area contributed by atoms with Crippen molar-refractivity contribution < 1.29 is 0 Å². The highest BCUT2D eigenvalue weighted by Gasteiger charge is 2.17. The second-order valence-electron chi connectivity index (χ2n) is 8.81. The van der Waals surface area contributed by atoms with Crippen LogP contribution in [0.2, 0.25) is 0 Å². The Morgan fingerprint density at radius 2 is 1.22 bits per heavy atom. The minimum absolute atomic E-state index is 0.946. The van der Waals surface area contributed by atoms with E-state index in [1.54, 1.807) is 0 Å². The van der Waals surface area contributed by atoms with E-state index in [9.17, 15) is 0 Å². The fourth-order valence-corrected chi connectivity index (χ4v) is 6.07. The predicted molar refractivity (Wildman–Crippen MR) is 166 cm³/mol. The molecule has 0 aliphatic heterocycles. The highest BCUT2D eigenvalue weighted by atomic mass is 127. The van der Waals surface area contributed by atoms with Gasteiger partial charge in [0.25, 0.3) is 0 Å². The molecule has 7 rings (SSSR count). The van der Waals surface area contributed by atoms with Crippen LogP contribution in [0.25, 0.3) is 55.7 Å². The van der Waals surface area contributed by atoms with Gasteiger partial charge in [-0.2, -0.15) is 0 Å². The fourth-order valence-electron chi connectivity index (χ4n) is 5.08. The Morgan fingerprint density at radius 3 is 1.89 bits per heavy atom. The number of halogens is 2. The Hall–Kier alpha value is -3.17. The first kappa shape index (κ1) is 22.1. The lowest BCUT2D eigenvalue weighted by Crippen LogP contribution is -1.94. The van der Waals surface area contributed by atoms with E-state index in [0.29, 0.717) is 0 Å². The molecule has 0 amide bonds. The van der Waals surface area contributed by atoms with Crippen LogP contribution in [0.4, 0.5) is 0 Å². The normalized spacial score (nSPS) is 11.6. The summed E-state index contributed by atoms with van der Waals surface area (Å²) >= 11 is 4.79. The lowest BCUT2D eigenvalue weighted by Gasteiger charge is -2.10. The van der Waals surface area contributed by atoms with E-state index in [0.717, 1.165) is 33.8 Å². The SMILES string of the molecule is Ic1ccc2c(c1)c1cc(I)ccc1n2-c1ccc(-c2nc3ccccn3c2-c2ccccc2)cc1. The van der Waals surface area contributed by atoms with Gasteiger partial charge in [0, 0.05) is 40.9 Å². The number of rotatable bonds is 3. The molecule has 172 valence electrons. The van der Waals surface area contributed by atoms with Crippen molar-refractivity contribution in [1.82, 2.24) is 14.0 Å². The van der Waals surface area contributed by atoms with Gasteiger partial charge in [-0.25, -0.2) is 4.98 Å². The van der Waals surface area contributed by atoms with Crippen molar-refractivity contribution in [3.05, 3.63) is 123 Å². The van der Waals surface area contributed by atoms with Gasteiger partial charge in [0.1, 0.15) is 5.65 Å². The number of hydrogen-bond donors (Lipinski definition) is 0. The molecule has 0 N–H and O–H groups in total. The summed E-state index contributed by atoms with van der Waals surface area (Å²) in [6.07, 6.45) is 2.09. The molecular weight excluding hydrogens is 668 g/mol. The van der Waals surface area contributed by atoms with Gasteiger partial charge in [-0.15, -0.1) is 0 Å². The molecule has 3 aromatic heterocycles. The summed E-state index contributed by atoms with van der Waals surface area (Å²) in [5.41, 5.74) is 8.89. The third-order valence-corrected chi connectivity index (χ3v) is 8.01. The molecule has 3 nitrogen and oxygen atoms in total. The van der Waals surface area contributed by atoms with Crippen molar-refractivity contribution in [3.8, 4) is 28.2 Å². The average molecular weight is 687 g/mol. The van der Waals surface area contributed by atoms with Crippen LogP contribution in [-0.2, 0) is 0 Å². The molecule has 0 atom stereocenters. The van der Waals surface area contributed by atoms with Gasteiger partial charge in [0.05, 0.1) is 22.4 Å². The lowest BCUT2D eigenvalue weighted by atomic mass is 10.0. The highest BCUT2D eigenvalue weighted by Crippen LogP contribution is 2.36. The minimum atomic E-state index is 0.946. The molecule has 0 saturated carbocycles. The Labute approximate surface area is 235 Å². The summed E-state index contributed by atoms with van der Waals surface area (Å²) in [6.45, 7) is 0. The molecule has 0 bridgehead atoms. The van der Waals surface area contributed by atoms with E-state index in [1.165, 1.54) is 28.9 Å². The Balaban J connectivity index is 1.42. The zero-order valence-electron chi connectivity index (χ0n) is 19.1. The van der Waals surface area contributed by atoms with E-state index in [-0.39, 0.29) is 0 Å². The number of nitrogens with zero attached hydrogens (tertiary/aromatic N) is 3. The topological polar surface area (TPSA) is 22.2 Å². The van der Waals surface area contributed by atoms with E-state index in [4.69, 9.17) is 4.98 Å². The summed E-state index contributed by atoms with van der Waals surface area (Å²) in [4.78, 5) is 5.03. The molecule has 7 aromatic rings. The van der Waals surface area contributed by atoms with Crippen molar-refractivity contribution >= 4 is 72.6 Å². The molecule has 3 heterocycles. The Kier molecular flexibility index (Phi) is 5.36. The standard InChI is InChI=1S/C31H19I2N3/c32-22-11-15-27-25(18-22)26-19-23(33)12-16-28(26)36(27)24-13-9-20(10-14-24)30-31(21-6-2-1-3-7-21)35-17-5-4-8-29(35)34-30/h1-19H. The third-order valence-electron chi connectivity index (χ3n) is 6.67. The number of fused-ring (bicyclic) bond motifs is 4. The van der Waals surface area contributed by atoms with Crippen LogP contribution in [-0.4, -0.2) is 14.0 Å². The number of hydrogen-bond acceptors (Lipinski definition) is 1. The van der Waals surface area contributed by atoms with Crippen LogP contribution in [0.3, 0.4) is 0 Å². The molecule has 0 saturated heterocycles. The molecule has 4 aromatic carbocycles. The third kappa shape index (κ3) is 3.56. The van der Waals surface area contributed by atoms with Crippen LogP contribution in [0.15, 0.2) is 115 Å². The van der Waals surface area contributed by atoms with Gasteiger partial charge in [-0.05, 0) is 106 Å². The van der Waals surface area contributed by atoms with Gasteiger partial charge in [-0.3, -0.25) is 4.40 Å². The second kappa shape index (κ2) is 8.74. The smallest absolute Gasteiger partial charge is 0.137 e. The maximum absolute atomic E-state index is 5.03. The molecule has 0 spiro atoms. The quantitative estimate of drug-likeness (QED) is 0.170. The maximum Gasteiger partial charge on any atom is 0.137 e. The molecule has 0 fully saturated rings. The summed E-state index contributed by atoms with van der Waals surface area (Å²) in [5, 5.41) is 2.57. The first-order valence-corrected chi connectivity index (χ1v) is 13.9. The lowest BCUT2D eigenvalue weighted by molar-refractivity contribution is 1.18. The van der Waals surface area contributed by atoms with Gasteiger partial charge in [0.2, 0.25) is 0 Å².